The number of carbonyl (C=O) groups excluding carboxylic acids is 1. The third-order valence-corrected chi connectivity index (χ3v) is 4.25. The Morgan fingerprint density at radius 1 is 1.41 bits per heavy atom. The summed E-state index contributed by atoms with van der Waals surface area (Å²) in [6, 6.07) is -0.102. The second kappa shape index (κ2) is 6.43. The highest BCUT2D eigenvalue weighted by Crippen LogP contribution is 2.40. The van der Waals surface area contributed by atoms with Crippen LogP contribution >= 0.6 is 11.8 Å². The van der Waals surface area contributed by atoms with Gasteiger partial charge in [-0.25, -0.2) is 19.6 Å². The first-order chi connectivity index (χ1) is 10.7. The van der Waals surface area contributed by atoms with Crippen molar-refractivity contribution in [3.63, 3.8) is 0 Å². The molecule has 0 radical (unpaired) electrons. The molecule has 0 unspecified atom stereocenters. The minimum atomic E-state index is -0.171. The molecule has 8 heteroatoms. The van der Waals surface area contributed by atoms with E-state index in [1.54, 1.807) is 12.4 Å². The van der Waals surface area contributed by atoms with Gasteiger partial charge in [-0.15, -0.1) is 0 Å². The summed E-state index contributed by atoms with van der Waals surface area (Å²) in [5, 5.41) is 7.91. The molecule has 0 aliphatic heterocycles. The van der Waals surface area contributed by atoms with E-state index in [9.17, 15) is 4.79 Å². The maximum absolute atomic E-state index is 12.4. The lowest BCUT2D eigenvalue weighted by atomic mass is 10.1. The molecule has 2 aromatic heterocycles. The second-order valence-electron chi connectivity index (χ2n) is 5.18. The van der Waals surface area contributed by atoms with Crippen LogP contribution in [0.4, 0.5) is 0 Å². The summed E-state index contributed by atoms with van der Waals surface area (Å²) < 4.78 is 1.83. The molecule has 116 valence electrons. The van der Waals surface area contributed by atoms with Gasteiger partial charge >= 0.3 is 0 Å². The van der Waals surface area contributed by atoms with Crippen molar-refractivity contribution in [2.45, 2.75) is 37.5 Å². The van der Waals surface area contributed by atoms with Gasteiger partial charge in [-0.2, -0.15) is 5.10 Å². The van der Waals surface area contributed by atoms with Crippen LogP contribution in [0.3, 0.4) is 0 Å². The number of hydrogen-bond acceptors (Lipinski definition) is 6. The fourth-order valence-electron chi connectivity index (χ4n) is 2.34. The molecule has 3 rings (SSSR count). The van der Waals surface area contributed by atoms with Gasteiger partial charge in [0, 0.05) is 18.9 Å². The van der Waals surface area contributed by atoms with Crippen LogP contribution in [0.25, 0.3) is 0 Å². The molecule has 1 aliphatic rings. The van der Waals surface area contributed by atoms with Gasteiger partial charge in [0.1, 0.15) is 12.2 Å². The number of aryl methyl sites for hydroxylation is 1. The number of thioether (sulfide) groups is 1. The lowest BCUT2D eigenvalue weighted by Gasteiger charge is -2.18. The summed E-state index contributed by atoms with van der Waals surface area (Å²) >= 11 is 1.45. The van der Waals surface area contributed by atoms with E-state index in [1.807, 2.05) is 17.9 Å². The lowest BCUT2D eigenvalue weighted by Crippen LogP contribution is -2.32. The van der Waals surface area contributed by atoms with Crippen LogP contribution in [0, 0.1) is 5.92 Å². The molecule has 1 aliphatic carbocycles. The van der Waals surface area contributed by atoms with E-state index in [1.165, 1.54) is 18.1 Å². The molecule has 22 heavy (non-hydrogen) atoms. The van der Waals surface area contributed by atoms with Gasteiger partial charge in [-0.05, 0) is 31.9 Å². The number of nitrogens with zero attached hydrogens (tertiary/aromatic N) is 5. The highest BCUT2D eigenvalue weighted by Gasteiger charge is 2.36. The van der Waals surface area contributed by atoms with E-state index in [0.29, 0.717) is 16.6 Å². The molecule has 0 aromatic carbocycles. The van der Waals surface area contributed by atoms with E-state index in [-0.39, 0.29) is 11.9 Å². The lowest BCUT2D eigenvalue weighted by molar-refractivity contribution is 0.0927. The summed E-state index contributed by atoms with van der Waals surface area (Å²) in [6.45, 7) is 2.75. The van der Waals surface area contributed by atoms with Gasteiger partial charge < -0.3 is 5.32 Å². The number of aromatic nitrogens is 5. The molecule has 1 saturated carbocycles. The quantitative estimate of drug-likeness (QED) is 0.644. The van der Waals surface area contributed by atoms with Crippen LogP contribution in [-0.2, 0) is 6.54 Å². The van der Waals surface area contributed by atoms with E-state index in [0.717, 1.165) is 25.2 Å². The highest BCUT2D eigenvalue weighted by molar-refractivity contribution is 7.98. The molecule has 7 nitrogen and oxygen atoms in total. The number of rotatable bonds is 6. The Hall–Kier alpha value is -1.96. The summed E-state index contributed by atoms with van der Waals surface area (Å²) in [4.78, 5) is 25.0. The maximum atomic E-state index is 12.4. The fourth-order valence-corrected chi connectivity index (χ4v) is 2.66. The summed E-state index contributed by atoms with van der Waals surface area (Å²) in [5.74, 6) is 1.08. The van der Waals surface area contributed by atoms with Crippen LogP contribution < -0.4 is 5.32 Å². The summed E-state index contributed by atoms with van der Waals surface area (Å²) in [5.41, 5.74) is 0.464. The van der Waals surface area contributed by atoms with Gasteiger partial charge in [0.2, 0.25) is 0 Å². The first-order valence-corrected chi connectivity index (χ1v) is 8.50. The Balaban J connectivity index is 1.77. The van der Waals surface area contributed by atoms with Crippen LogP contribution in [0.15, 0.2) is 23.9 Å². The van der Waals surface area contributed by atoms with Gasteiger partial charge in [0.15, 0.2) is 5.16 Å². The van der Waals surface area contributed by atoms with Crippen molar-refractivity contribution in [1.82, 2.24) is 30.0 Å². The molecule has 1 amide bonds. The maximum Gasteiger partial charge on any atom is 0.255 e. The Kier molecular flexibility index (Phi) is 4.37. The third kappa shape index (κ3) is 3.11. The first kappa shape index (κ1) is 15.0. The molecule has 0 bridgehead atoms. The van der Waals surface area contributed by atoms with Crippen molar-refractivity contribution in [2.24, 2.45) is 5.92 Å². The second-order valence-corrected chi connectivity index (χ2v) is 5.95. The Bertz CT molecular complexity index is 652. The summed E-state index contributed by atoms with van der Waals surface area (Å²) in [7, 11) is 0. The molecule has 1 N–H and O–H groups in total. The number of nitrogens with one attached hydrogen (secondary N) is 1. The molecule has 0 spiro atoms. The van der Waals surface area contributed by atoms with Crippen molar-refractivity contribution < 1.29 is 4.79 Å². The molecular formula is C14H18N6OS. The minimum Gasteiger partial charge on any atom is -0.342 e. The Labute approximate surface area is 133 Å². The van der Waals surface area contributed by atoms with Crippen LogP contribution in [0.5, 0.6) is 0 Å². The van der Waals surface area contributed by atoms with Gasteiger partial charge in [-0.3, -0.25) is 4.79 Å². The van der Waals surface area contributed by atoms with Gasteiger partial charge in [-0.1, -0.05) is 11.8 Å². The van der Waals surface area contributed by atoms with Gasteiger partial charge in [0.25, 0.3) is 5.91 Å². The van der Waals surface area contributed by atoms with Crippen LogP contribution in [0.2, 0.25) is 0 Å². The molecule has 1 atom stereocenters. The molecule has 2 aromatic rings. The summed E-state index contributed by atoms with van der Waals surface area (Å²) in [6.07, 6.45) is 8.75. The zero-order valence-electron chi connectivity index (χ0n) is 12.6. The predicted octanol–water partition coefficient (Wildman–Crippen LogP) is 1.69. The van der Waals surface area contributed by atoms with Crippen molar-refractivity contribution in [3.05, 3.63) is 30.1 Å². The number of hydrogen-bond donors (Lipinski definition) is 1. The van der Waals surface area contributed by atoms with Crippen LogP contribution in [0.1, 0.15) is 42.0 Å². The molecule has 2 heterocycles. The monoisotopic (exact) mass is 318 g/mol. The normalized spacial score (nSPS) is 15.5. The van der Waals surface area contributed by atoms with Crippen LogP contribution in [-0.4, -0.2) is 36.9 Å². The van der Waals surface area contributed by atoms with E-state index in [2.05, 4.69) is 25.4 Å². The third-order valence-electron chi connectivity index (χ3n) is 3.68. The largest absolute Gasteiger partial charge is 0.342 e. The molecule has 0 saturated heterocycles. The minimum absolute atomic E-state index is 0.102. The van der Waals surface area contributed by atoms with Crippen molar-refractivity contribution in [2.75, 3.05) is 6.26 Å². The fraction of sp³-hybridized carbons (Fsp3) is 0.500. The standard InChI is InChI=1S/C14H18N6OS/c1-3-20-12(17-8-18-20)11(9-4-5-9)19-13(21)10-6-15-14(22-2)16-7-10/h6-9,11H,3-5H2,1-2H3,(H,19,21)/t11-/m1/s1. The van der Waals surface area contributed by atoms with Gasteiger partial charge in [0.05, 0.1) is 11.6 Å². The predicted molar refractivity (Wildman–Crippen MR) is 82.4 cm³/mol. The first-order valence-electron chi connectivity index (χ1n) is 7.27. The number of carbonyl (C=O) groups is 1. The average molecular weight is 318 g/mol. The SMILES string of the molecule is CCn1ncnc1[C@H](NC(=O)c1cnc(SC)nc1)C1CC1. The zero-order chi connectivity index (χ0) is 15.5. The van der Waals surface area contributed by atoms with E-state index < -0.39 is 0 Å². The van der Waals surface area contributed by atoms with Crippen molar-refractivity contribution in [1.29, 1.82) is 0 Å². The Morgan fingerprint density at radius 2 is 2.14 bits per heavy atom. The van der Waals surface area contributed by atoms with E-state index >= 15 is 0 Å². The molecule has 1 fully saturated rings. The van der Waals surface area contributed by atoms with E-state index in [4.69, 9.17) is 0 Å². The smallest absolute Gasteiger partial charge is 0.255 e. The molecular weight excluding hydrogens is 300 g/mol. The number of amides is 1. The van der Waals surface area contributed by atoms with Crippen molar-refractivity contribution in [3.8, 4) is 0 Å². The highest BCUT2D eigenvalue weighted by atomic mass is 32.2. The average Bonchev–Trinajstić information content (AvgIpc) is 3.29. The van der Waals surface area contributed by atoms with Crippen molar-refractivity contribution >= 4 is 17.7 Å². The zero-order valence-corrected chi connectivity index (χ0v) is 13.4. The Morgan fingerprint density at radius 3 is 2.73 bits per heavy atom. The topological polar surface area (TPSA) is 85.6 Å².